The molecule has 1 heterocycles. The van der Waals surface area contributed by atoms with Crippen LogP contribution in [0.3, 0.4) is 0 Å². The Morgan fingerprint density at radius 2 is 1.74 bits per heavy atom. The second-order valence-electron chi connectivity index (χ2n) is 6.75. The van der Waals surface area contributed by atoms with Gasteiger partial charge in [-0.1, -0.05) is 56.6 Å². The first-order valence-corrected chi connectivity index (χ1v) is 7.96. The topological polar surface area (TPSA) is 34.9 Å². The van der Waals surface area contributed by atoms with Crippen molar-refractivity contribution in [3.63, 3.8) is 0 Å². The van der Waals surface area contributed by atoms with Gasteiger partial charge in [0.05, 0.1) is 21.6 Å². The Bertz CT molecular complexity index is 952. The average Bonchev–Trinajstić information content (AvgIpc) is 2.47. The van der Waals surface area contributed by atoms with Gasteiger partial charge in [0, 0.05) is 5.41 Å². The van der Waals surface area contributed by atoms with Crippen LogP contribution in [-0.2, 0) is 5.41 Å². The monoisotopic (exact) mass is 326 g/mol. The summed E-state index contributed by atoms with van der Waals surface area (Å²) in [4.78, 5) is 18.0. The van der Waals surface area contributed by atoms with Crippen molar-refractivity contribution < 1.29 is 0 Å². The number of fused-ring (bicyclic) bond motifs is 1. The number of para-hydroxylation sites is 1. The number of aryl methyl sites for hydroxylation is 1. The molecule has 23 heavy (non-hydrogen) atoms. The Morgan fingerprint density at radius 3 is 2.39 bits per heavy atom. The number of hydrogen-bond acceptors (Lipinski definition) is 2. The lowest BCUT2D eigenvalue weighted by Crippen LogP contribution is -2.31. The van der Waals surface area contributed by atoms with Crippen LogP contribution >= 0.6 is 11.6 Å². The largest absolute Gasteiger partial charge is 0.268 e. The van der Waals surface area contributed by atoms with Crippen molar-refractivity contribution in [3.05, 3.63) is 69.2 Å². The minimum absolute atomic E-state index is 0.125. The predicted octanol–water partition coefficient (Wildman–Crippen LogP) is 4.65. The summed E-state index contributed by atoms with van der Waals surface area (Å²) in [5.41, 5.74) is 2.10. The molecule has 4 heteroatoms. The third kappa shape index (κ3) is 2.66. The van der Waals surface area contributed by atoms with Crippen LogP contribution in [0.25, 0.3) is 16.6 Å². The molecule has 0 radical (unpaired) electrons. The molecule has 0 N–H and O–H groups in total. The number of rotatable bonds is 1. The number of nitrogens with zero attached hydrogens (tertiary/aromatic N) is 2. The summed E-state index contributed by atoms with van der Waals surface area (Å²) in [6.45, 7) is 8.16. The van der Waals surface area contributed by atoms with Gasteiger partial charge in [0.1, 0.15) is 5.82 Å². The molecule has 0 aliphatic rings. The van der Waals surface area contributed by atoms with Crippen molar-refractivity contribution in [2.24, 2.45) is 0 Å². The van der Waals surface area contributed by atoms with E-state index in [0.717, 1.165) is 17.1 Å². The maximum atomic E-state index is 13.2. The Labute approximate surface area is 140 Å². The quantitative estimate of drug-likeness (QED) is 0.652. The molecule has 3 aromatic rings. The van der Waals surface area contributed by atoms with Crippen LogP contribution in [0.15, 0.2) is 47.3 Å². The summed E-state index contributed by atoms with van der Waals surface area (Å²) in [5, 5.41) is 0.896. The third-order valence-electron chi connectivity index (χ3n) is 3.87. The predicted molar refractivity (Wildman–Crippen MR) is 95.8 cm³/mol. The molecule has 0 spiro atoms. The van der Waals surface area contributed by atoms with Gasteiger partial charge in [0.15, 0.2) is 0 Å². The standard InChI is InChI=1S/C19H19ClN2O/c1-12-8-5-6-11-15(12)22-17(23)16-13(20)9-7-10-14(16)21-18(22)19(2,3)4/h5-11H,1-4H3. The Balaban J connectivity index is 2.53. The van der Waals surface area contributed by atoms with Crippen molar-refractivity contribution >= 4 is 22.5 Å². The van der Waals surface area contributed by atoms with E-state index in [1.165, 1.54) is 0 Å². The molecular formula is C19H19ClN2O. The lowest BCUT2D eigenvalue weighted by Gasteiger charge is -2.24. The van der Waals surface area contributed by atoms with Crippen molar-refractivity contribution in [3.8, 4) is 5.69 Å². The average molecular weight is 327 g/mol. The normalized spacial score (nSPS) is 11.9. The van der Waals surface area contributed by atoms with Crippen LogP contribution in [0, 0.1) is 6.92 Å². The fourth-order valence-corrected chi connectivity index (χ4v) is 2.98. The first kappa shape index (κ1) is 15.8. The molecule has 2 aromatic carbocycles. The number of benzene rings is 2. The van der Waals surface area contributed by atoms with Gasteiger partial charge in [-0.15, -0.1) is 0 Å². The maximum absolute atomic E-state index is 13.2. The van der Waals surface area contributed by atoms with E-state index >= 15 is 0 Å². The summed E-state index contributed by atoms with van der Waals surface area (Å²) < 4.78 is 1.70. The first-order chi connectivity index (χ1) is 10.8. The lowest BCUT2D eigenvalue weighted by atomic mass is 9.94. The van der Waals surface area contributed by atoms with E-state index in [0.29, 0.717) is 15.9 Å². The van der Waals surface area contributed by atoms with Crippen LogP contribution in [0.5, 0.6) is 0 Å². The molecule has 0 saturated heterocycles. The fraction of sp³-hybridized carbons (Fsp3) is 0.263. The molecule has 0 atom stereocenters. The van der Waals surface area contributed by atoms with E-state index in [1.54, 1.807) is 10.6 Å². The zero-order chi connectivity index (χ0) is 16.8. The molecular weight excluding hydrogens is 308 g/mol. The summed E-state index contributed by atoms with van der Waals surface area (Å²) in [6, 6.07) is 13.2. The van der Waals surface area contributed by atoms with Crippen LogP contribution < -0.4 is 5.56 Å². The van der Waals surface area contributed by atoms with Gasteiger partial charge in [-0.25, -0.2) is 4.98 Å². The molecule has 0 aliphatic heterocycles. The minimum Gasteiger partial charge on any atom is -0.268 e. The SMILES string of the molecule is Cc1ccccc1-n1c(C(C)(C)C)nc2cccc(Cl)c2c1=O. The van der Waals surface area contributed by atoms with E-state index in [4.69, 9.17) is 16.6 Å². The number of halogens is 1. The highest BCUT2D eigenvalue weighted by atomic mass is 35.5. The van der Waals surface area contributed by atoms with Gasteiger partial charge in [0.25, 0.3) is 5.56 Å². The fourth-order valence-electron chi connectivity index (χ4n) is 2.73. The maximum Gasteiger partial charge on any atom is 0.267 e. The lowest BCUT2D eigenvalue weighted by molar-refractivity contribution is 0.526. The zero-order valence-corrected chi connectivity index (χ0v) is 14.5. The summed E-state index contributed by atoms with van der Waals surface area (Å²) >= 11 is 6.27. The molecule has 118 valence electrons. The third-order valence-corrected chi connectivity index (χ3v) is 4.19. The van der Waals surface area contributed by atoms with Crippen LogP contribution in [0.1, 0.15) is 32.2 Å². The highest BCUT2D eigenvalue weighted by molar-refractivity contribution is 6.35. The molecule has 0 unspecified atom stereocenters. The second-order valence-corrected chi connectivity index (χ2v) is 7.15. The molecule has 1 aromatic heterocycles. The van der Waals surface area contributed by atoms with Gasteiger partial charge in [-0.3, -0.25) is 9.36 Å². The molecule has 0 aliphatic carbocycles. The van der Waals surface area contributed by atoms with E-state index in [-0.39, 0.29) is 11.0 Å². The van der Waals surface area contributed by atoms with E-state index in [2.05, 4.69) is 20.8 Å². The van der Waals surface area contributed by atoms with Crippen LogP contribution in [-0.4, -0.2) is 9.55 Å². The Morgan fingerprint density at radius 1 is 1.04 bits per heavy atom. The van der Waals surface area contributed by atoms with Gasteiger partial charge < -0.3 is 0 Å². The molecule has 3 rings (SSSR count). The molecule has 0 bridgehead atoms. The Kier molecular flexibility index (Phi) is 3.77. The second kappa shape index (κ2) is 5.50. The van der Waals surface area contributed by atoms with Crippen LogP contribution in [0.2, 0.25) is 5.02 Å². The van der Waals surface area contributed by atoms with Crippen molar-refractivity contribution in [2.75, 3.05) is 0 Å². The van der Waals surface area contributed by atoms with E-state index in [9.17, 15) is 4.79 Å². The smallest absolute Gasteiger partial charge is 0.267 e. The van der Waals surface area contributed by atoms with Gasteiger partial charge in [-0.05, 0) is 30.7 Å². The Hall–Kier alpha value is -2.13. The summed E-state index contributed by atoms with van der Waals surface area (Å²) in [5.74, 6) is 0.728. The zero-order valence-electron chi connectivity index (χ0n) is 13.7. The van der Waals surface area contributed by atoms with E-state index < -0.39 is 0 Å². The molecule has 0 amide bonds. The minimum atomic E-state index is -0.280. The summed E-state index contributed by atoms with van der Waals surface area (Å²) in [7, 11) is 0. The molecule has 0 fully saturated rings. The first-order valence-electron chi connectivity index (χ1n) is 7.58. The molecule has 3 nitrogen and oxygen atoms in total. The highest BCUT2D eigenvalue weighted by Gasteiger charge is 2.24. The van der Waals surface area contributed by atoms with Crippen molar-refractivity contribution in [1.29, 1.82) is 0 Å². The number of aromatic nitrogens is 2. The van der Waals surface area contributed by atoms with Gasteiger partial charge in [-0.2, -0.15) is 0 Å². The van der Waals surface area contributed by atoms with Crippen molar-refractivity contribution in [1.82, 2.24) is 9.55 Å². The summed E-state index contributed by atoms with van der Waals surface area (Å²) in [6.07, 6.45) is 0. The van der Waals surface area contributed by atoms with Crippen LogP contribution in [0.4, 0.5) is 0 Å². The van der Waals surface area contributed by atoms with Gasteiger partial charge >= 0.3 is 0 Å². The van der Waals surface area contributed by atoms with E-state index in [1.807, 2.05) is 43.3 Å². The van der Waals surface area contributed by atoms with Crippen molar-refractivity contribution in [2.45, 2.75) is 33.1 Å². The van der Waals surface area contributed by atoms with Gasteiger partial charge in [0.2, 0.25) is 0 Å². The highest BCUT2D eigenvalue weighted by Crippen LogP contribution is 2.27. The number of hydrogen-bond donors (Lipinski definition) is 0. The molecule has 0 saturated carbocycles.